The maximum absolute atomic E-state index is 12.5. The molecule has 0 bridgehead atoms. The van der Waals surface area contributed by atoms with Gasteiger partial charge in [0, 0.05) is 13.0 Å². The van der Waals surface area contributed by atoms with Crippen molar-refractivity contribution in [3.05, 3.63) is 0 Å². The molecule has 0 aliphatic heterocycles. The Morgan fingerprint density at radius 1 is 0.914 bits per heavy atom. The number of nitrogens with zero attached hydrogens (tertiary/aromatic N) is 1. The van der Waals surface area contributed by atoms with Gasteiger partial charge >= 0.3 is 0 Å². The number of halogens is 1. The van der Waals surface area contributed by atoms with Crippen LogP contribution in [0.3, 0.4) is 0 Å². The fraction of sp³-hybridized carbons (Fsp3) is 0.968. The van der Waals surface area contributed by atoms with Crippen molar-refractivity contribution >= 4 is 29.9 Å². The molecule has 0 saturated heterocycles. The van der Waals surface area contributed by atoms with Crippen molar-refractivity contribution in [3.63, 3.8) is 0 Å². The summed E-state index contributed by atoms with van der Waals surface area (Å²) in [6.07, 6.45) is 20.2. The maximum Gasteiger partial charge on any atom is 0.220 e. The number of carbonyl (C=O) groups excluding carboxylic acids is 1. The molecule has 0 radical (unpaired) electrons. The van der Waals surface area contributed by atoms with E-state index in [0.29, 0.717) is 16.7 Å². The summed E-state index contributed by atoms with van der Waals surface area (Å²) in [5.41, 5.74) is 1.18. The predicted molar refractivity (Wildman–Crippen MR) is 159 cm³/mol. The topological polar surface area (TPSA) is 32.3 Å². The van der Waals surface area contributed by atoms with Gasteiger partial charge in [-0.3, -0.25) is 4.79 Å². The molecule has 4 aliphatic carbocycles. The van der Waals surface area contributed by atoms with Crippen molar-refractivity contribution in [1.82, 2.24) is 10.2 Å². The Morgan fingerprint density at radius 3 is 2.46 bits per heavy atom. The molecule has 4 saturated carbocycles. The van der Waals surface area contributed by atoms with Gasteiger partial charge in [-0.25, -0.2) is 0 Å². The van der Waals surface area contributed by atoms with Crippen LogP contribution in [0.1, 0.15) is 117 Å². The summed E-state index contributed by atoms with van der Waals surface area (Å²) in [6.45, 7) is 9.84. The Hall–Kier alpha value is 0.160. The van der Waals surface area contributed by atoms with E-state index in [-0.39, 0.29) is 29.9 Å². The first kappa shape index (κ1) is 29.7. The molecule has 2 unspecified atom stereocenters. The molecule has 3 nitrogen and oxygen atoms in total. The number of unbranched alkanes of at least 4 members (excludes halogenated alkanes) is 2. The molecule has 35 heavy (non-hydrogen) atoms. The van der Waals surface area contributed by atoms with E-state index >= 15 is 0 Å². The monoisotopic (exact) mass is 600 g/mol. The number of carbonyl (C=O) groups is 1. The van der Waals surface area contributed by atoms with Crippen LogP contribution in [0.4, 0.5) is 0 Å². The third kappa shape index (κ3) is 6.42. The average Bonchev–Trinajstić information content (AvgIpc) is 3.16. The van der Waals surface area contributed by atoms with Crippen molar-refractivity contribution in [2.45, 2.75) is 117 Å². The smallest absolute Gasteiger partial charge is 0.220 e. The molecule has 0 aromatic rings. The van der Waals surface area contributed by atoms with Crippen molar-refractivity contribution < 1.29 is 4.79 Å². The Kier molecular flexibility index (Phi) is 10.9. The lowest BCUT2D eigenvalue weighted by Crippen LogP contribution is -2.53. The van der Waals surface area contributed by atoms with Crippen LogP contribution in [-0.4, -0.2) is 38.0 Å². The zero-order valence-corrected chi connectivity index (χ0v) is 26.1. The fourth-order valence-electron chi connectivity index (χ4n) is 9.88. The highest BCUT2D eigenvalue weighted by molar-refractivity contribution is 14.0. The number of fused-ring (bicyclic) bond motifs is 5. The SMILES string of the molecule is CC(CCC(=O)NCCCCCN(C)C)[C@H]1CC[C@H]2[C@@H]3CCC4CCCC[C@]4(C)[C@H]3CC[C@]12C.I. The zero-order chi connectivity index (χ0) is 24.3. The van der Waals surface area contributed by atoms with Gasteiger partial charge in [0.25, 0.3) is 0 Å². The molecule has 4 rings (SSSR count). The van der Waals surface area contributed by atoms with Gasteiger partial charge in [-0.15, -0.1) is 24.0 Å². The third-order valence-electron chi connectivity index (χ3n) is 11.8. The van der Waals surface area contributed by atoms with Crippen molar-refractivity contribution in [2.75, 3.05) is 27.2 Å². The van der Waals surface area contributed by atoms with Crippen LogP contribution in [0.15, 0.2) is 0 Å². The van der Waals surface area contributed by atoms with Crippen LogP contribution < -0.4 is 5.32 Å². The van der Waals surface area contributed by atoms with E-state index in [1.807, 2.05) is 0 Å². The summed E-state index contributed by atoms with van der Waals surface area (Å²) in [5.74, 6) is 5.76. The van der Waals surface area contributed by atoms with E-state index in [1.165, 1.54) is 77.0 Å². The van der Waals surface area contributed by atoms with E-state index in [9.17, 15) is 4.79 Å². The molecule has 1 amide bonds. The fourth-order valence-corrected chi connectivity index (χ4v) is 9.88. The number of amides is 1. The quantitative estimate of drug-likeness (QED) is 0.204. The van der Waals surface area contributed by atoms with E-state index in [0.717, 1.165) is 61.9 Å². The van der Waals surface area contributed by atoms with Crippen LogP contribution in [0.25, 0.3) is 0 Å². The lowest BCUT2D eigenvalue weighted by molar-refractivity contribution is -0.122. The van der Waals surface area contributed by atoms with Crippen molar-refractivity contribution in [1.29, 1.82) is 0 Å². The third-order valence-corrected chi connectivity index (χ3v) is 11.8. The van der Waals surface area contributed by atoms with Gasteiger partial charge < -0.3 is 10.2 Å². The van der Waals surface area contributed by atoms with Crippen LogP contribution in [-0.2, 0) is 4.79 Å². The largest absolute Gasteiger partial charge is 0.356 e. The minimum atomic E-state index is 0. The molecule has 0 aromatic heterocycles. The normalized spacial score (nSPS) is 39.2. The predicted octanol–water partition coefficient (Wildman–Crippen LogP) is 7.92. The Labute approximate surface area is 234 Å². The Morgan fingerprint density at radius 2 is 1.69 bits per heavy atom. The summed E-state index contributed by atoms with van der Waals surface area (Å²) in [5, 5.41) is 3.20. The van der Waals surface area contributed by atoms with E-state index in [4.69, 9.17) is 0 Å². The second-order valence-electron chi connectivity index (χ2n) is 13.9. The van der Waals surface area contributed by atoms with Gasteiger partial charge in [0.2, 0.25) is 5.91 Å². The van der Waals surface area contributed by atoms with Gasteiger partial charge in [-0.1, -0.05) is 40.0 Å². The number of rotatable bonds is 10. The summed E-state index contributed by atoms with van der Waals surface area (Å²) in [6, 6.07) is 0. The molecular formula is C31H57IN2O. The van der Waals surface area contributed by atoms with Crippen molar-refractivity contribution in [2.24, 2.45) is 46.3 Å². The Bertz CT molecular complexity index is 683. The highest BCUT2D eigenvalue weighted by Crippen LogP contribution is 2.68. The molecule has 204 valence electrons. The van der Waals surface area contributed by atoms with Gasteiger partial charge in [0.05, 0.1) is 0 Å². The second kappa shape index (κ2) is 12.8. The molecular weight excluding hydrogens is 543 g/mol. The summed E-state index contributed by atoms with van der Waals surface area (Å²) >= 11 is 0. The number of nitrogens with one attached hydrogen (secondary N) is 1. The molecule has 0 spiro atoms. The summed E-state index contributed by atoms with van der Waals surface area (Å²) in [4.78, 5) is 14.7. The maximum atomic E-state index is 12.5. The standard InChI is InChI=1S/C31H56N2O.HI/c1-23(12-17-29(34)32-21-9-6-10-22-33(4)5)26-15-16-27-25-14-13-24-11-7-8-19-30(24,2)28(25)18-20-31(26,27)3;/h23-28H,6-22H2,1-5H3,(H,32,34);1H/t23?,24?,25-,26+,27-,28-,30-,31+;/m0./s1. The van der Waals surface area contributed by atoms with Gasteiger partial charge in [-0.05, 0) is 138 Å². The minimum absolute atomic E-state index is 0. The van der Waals surface area contributed by atoms with Crippen LogP contribution >= 0.6 is 24.0 Å². The molecule has 4 fully saturated rings. The first-order valence-electron chi connectivity index (χ1n) is 15.2. The lowest BCUT2D eigenvalue weighted by Gasteiger charge is -2.61. The van der Waals surface area contributed by atoms with E-state index < -0.39 is 0 Å². The van der Waals surface area contributed by atoms with Gasteiger partial charge in [0.15, 0.2) is 0 Å². The van der Waals surface area contributed by atoms with Gasteiger partial charge in [-0.2, -0.15) is 0 Å². The molecule has 8 atom stereocenters. The summed E-state index contributed by atoms with van der Waals surface area (Å²) in [7, 11) is 4.26. The molecule has 4 heteroatoms. The Balaban J connectivity index is 0.00000342. The molecule has 0 aromatic carbocycles. The lowest BCUT2D eigenvalue weighted by atomic mass is 9.44. The summed E-state index contributed by atoms with van der Waals surface area (Å²) < 4.78 is 0. The molecule has 0 heterocycles. The van der Waals surface area contributed by atoms with Gasteiger partial charge in [0.1, 0.15) is 0 Å². The van der Waals surface area contributed by atoms with E-state index in [1.54, 1.807) is 0 Å². The minimum Gasteiger partial charge on any atom is -0.356 e. The van der Waals surface area contributed by atoms with Crippen LogP contribution in [0.2, 0.25) is 0 Å². The number of hydrogen-bond acceptors (Lipinski definition) is 2. The average molecular weight is 601 g/mol. The zero-order valence-electron chi connectivity index (χ0n) is 23.7. The highest BCUT2D eigenvalue weighted by Gasteiger charge is 2.60. The van der Waals surface area contributed by atoms with Crippen LogP contribution in [0.5, 0.6) is 0 Å². The first-order chi connectivity index (χ1) is 16.3. The number of hydrogen-bond donors (Lipinski definition) is 1. The van der Waals surface area contributed by atoms with Crippen molar-refractivity contribution in [3.8, 4) is 0 Å². The molecule has 4 aliphatic rings. The molecule has 1 N–H and O–H groups in total. The highest BCUT2D eigenvalue weighted by atomic mass is 127. The van der Waals surface area contributed by atoms with Crippen LogP contribution in [0, 0.1) is 46.3 Å². The second-order valence-corrected chi connectivity index (χ2v) is 13.9. The van der Waals surface area contributed by atoms with E-state index in [2.05, 4.69) is 45.1 Å². The first-order valence-corrected chi connectivity index (χ1v) is 15.2.